The summed E-state index contributed by atoms with van der Waals surface area (Å²) in [5.41, 5.74) is 0.973. The van der Waals surface area contributed by atoms with Crippen molar-refractivity contribution in [3.8, 4) is 0 Å². The van der Waals surface area contributed by atoms with Gasteiger partial charge in [-0.15, -0.1) is 0 Å². The molecule has 4 heteroatoms. The van der Waals surface area contributed by atoms with E-state index < -0.39 is 0 Å². The molecule has 0 saturated carbocycles. The molecule has 0 atom stereocenters. The molecule has 0 saturated heterocycles. The van der Waals surface area contributed by atoms with Crippen molar-refractivity contribution in [1.82, 2.24) is 5.32 Å². The van der Waals surface area contributed by atoms with Gasteiger partial charge in [0, 0.05) is 16.5 Å². The lowest BCUT2D eigenvalue weighted by atomic mass is 10.2. The summed E-state index contributed by atoms with van der Waals surface area (Å²) in [6.07, 6.45) is 0. The zero-order valence-corrected chi connectivity index (χ0v) is 13.8. The molecule has 2 rings (SSSR count). The van der Waals surface area contributed by atoms with E-state index >= 15 is 0 Å². The van der Waals surface area contributed by atoms with E-state index in [-0.39, 0.29) is 5.82 Å². The molecule has 0 aliphatic carbocycles. The summed E-state index contributed by atoms with van der Waals surface area (Å²) < 4.78 is 14.1. The molecule has 0 bridgehead atoms. The number of halogens is 2. The van der Waals surface area contributed by atoms with Gasteiger partial charge in [-0.25, -0.2) is 4.39 Å². The van der Waals surface area contributed by atoms with Crippen LogP contribution in [-0.4, -0.2) is 6.54 Å². The first-order valence-electron chi connectivity index (χ1n) is 6.98. The predicted molar refractivity (Wildman–Crippen MR) is 88.5 cm³/mol. The van der Waals surface area contributed by atoms with Crippen molar-refractivity contribution >= 4 is 23.4 Å². The van der Waals surface area contributed by atoms with Crippen molar-refractivity contribution in [1.29, 1.82) is 0 Å². The molecule has 2 aromatic carbocycles. The molecular formula is C17H19ClFNS. The fourth-order valence-electron chi connectivity index (χ4n) is 1.95. The fraction of sp³-hybridized carbons (Fsp3) is 0.294. The lowest BCUT2D eigenvalue weighted by Crippen LogP contribution is -2.19. The number of benzene rings is 2. The van der Waals surface area contributed by atoms with Gasteiger partial charge in [0.25, 0.3) is 0 Å². The Kier molecular flexibility index (Phi) is 6.09. The summed E-state index contributed by atoms with van der Waals surface area (Å²) in [5.74, 6) is 0.381. The summed E-state index contributed by atoms with van der Waals surface area (Å²) >= 11 is 7.40. The van der Waals surface area contributed by atoms with Crippen LogP contribution in [0.2, 0.25) is 5.02 Å². The van der Waals surface area contributed by atoms with Gasteiger partial charge >= 0.3 is 0 Å². The standard InChI is InChI=1S/C17H19ClFNS/c1-12(2)10-20-11-13-5-3-8-16(19)17(13)21-15-7-4-6-14(18)9-15/h3-9,12,20H,10-11H2,1-2H3. The Labute approximate surface area is 134 Å². The number of hydrogen-bond acceptors (Lipinski definition) is 2. The van der Waals surface area contributed by atoms with E-state index in [1.54, 1.807) is 6.07 Å². The van der Waals surface area contributed by atoms with Crippen LogP contribution in [-0.2, 0) is 6.54 Å². The first kappa shape index (κ1) is 16.3. The van der Waals surface area contributed by atoms with Gasteiger partial charge in [0.15, 0.2) is 0 Å². The SMILES string of the molecule is CC(C)CNCc1cccc(F)c1Sc1cccc(Cl)c1. The van der Waals surface area contributed by atoms with E-state index in [4.69, 9.17) is 11.6 Å². The number of hydrogen-bond donors (Lipinski definition) is 1. The Bertz CT molecular complexity index is 601. The Balaban J connectivity index is 2.17. The second kappa shape index (κ2) is 7.83. The van der Waals surface area contributed by atoms with Crippen molar-refractivity contribution in [2.45, 2.75) is 30.2 Å². The van der Waals surface area contributed by atoms with Gasteiger partial charge < -0.3 is 5.32 Å². The number of rotatable bonds is 6. The minimum Gasteiger partial charge on any atom is -0.312 e. The molecule has 2 aromatic rings. The quantitative estimate of drug-likeness (QED) is 0.766. The average molecular weight is 324 g/mol. The van der Waals surface area contributed by atoms with E-state index in [9.17, 15) is 4.39 Å². The van der Waals surface area contributed by atoms with Gasteiger partial charge in [-0.1, -0.05) is 55.4 Å². The molecule has 0 radical (unpaired) electrons. The number of nitrogens with one attached hydrogen (secondary N) is 1. The van der Waals surface area contributed by atoms with Crippen LogP contribution >= 0.6 is 23.4 Å². The molecule has 1 nitrogen and oxygen atoms in total. The Morgan fingerprint density at radius 2 is 1.95 bits per heavy atom. The van der Waals surface area contributed by atoms with Crippen LogP contribution in [0.25, 0.3) is 0 Å². The van der Waals surface area contributed by atoms with Gasteiger partial charge in [0.05, 0.1) is 4.90 Å². The molecule has 0 unspecified atom stereocenters. The van der Waals surface area contributed by atoms with Crippen molar-refractivity contribution < 1.29 is 4.39 Å². The van der Waals surface area contributed by atoms with Crippen LogP contribution in [0.15, 0.2) is 52.3 Å². The van der Waals surface area contributed by atoms with Crippen LogP contribution in [0, 0.1) is 11.7 Å². The van der Waals surface area contributed by atoms with E-state index in [0.717, 1.165) is 17.0 Å². The van der Waals surface area contributed by atoms with Crippen LogP contribution in [0.4, 0.5) is 4.39 Å². The zero-order chi connectivity index (χ0) is 15.2. The zero-order valence-electron chi connectivity index (χ0n) is 12.2. The maximum atomic E-state index is 14.1. The first-order chi connectivity index (χ1) is 10.1. The molecule has 1 N–H and O–H groups in total. The Morgan fingerprint density at radius 1 is 1.19 bits per heavy atom. The first-order valence-corrected chi connectivity index (χ1v) is 8.17. The summed E-state index contributed by atoms with van der Waals surface area (Å²) in [7, 11) is 0. The molecule has 0 spiro atoms. The highest BCUT2D eigenvalue weighted by molar-refractivity contribution is 7.99. The van der Waals surface area contributed by atoms with Crippen LogP contribution in [0.1, 0.15) is 19.4 Å². The Hall–Kier alpha value is -1.03. The highest BCUT2D eigenvalue weighted by Crippen LogP contribution is 2.33. The molecule has 0 aliphatic heterocycles. The van der Waals surface area contributed by atoms with Gasteiger partial charge in [-0.2, -0.15) is 0 Å². The minimum absolute atomic E-state index is 0.191. The van der Waals surface area contributed by atoms with E-state index in [1.165, 1.54) is 17.8 Å². The minimum atomic E-state index is -0.191. The van der Waals surface area contributed by atoms with Crippen LogP contribution < -0.4 is 5.32 Å². The summed E-state index contributed by atoms with van der Waals surface area (Å²) in [6, 6.07) is 12.7. The summed E-state index contributed by atoms with van der Waals surface area (Å²) in [6.45, 7) is 5.89. The van der Waals surface area contributed by atoms with E-state index in [1.807, 2.05) is 30.3 Å². The van der Waals surface area contributed by atoms with Crippen molar-refractivity contribution in [3.63, 3.8) is 0 Å². The van der Waals surface area contributed by atoms with Crippen LogP contribution in [0.3, 0.4) is 0 Å². The Morgan fingerprint density at radius 3 is 2.67 bits per heavy atom. The van der Waals surface area contributed by atoms with E-state index in [0.29, 0.717) is 22.4 Å². The van der Waals surface area contributed by atoms with Gasteiger partial charge in [-0.3, -0.25) is 0 Å². The molecule has 0 aliphatic rings. The normalized spacial score (nSPS) is 11.1. The highest BCUT2D eigenvalue weighted by atomic mass is 35.5. The third-order valence-corrected chi connectivity index (χ3v) is 4.32. The van der Waals surface area contributed by atoms with Crippen molar-refractivity contribution in [2.24, 2.45) is 5.92 Å². The largest absolute Gasteiger partial charge is 0.312 e. The topological polar surface area (TPSA) is 12.0 Å². The third kappa shape index (κ3) is 5.03. The molecule has 0 heterocycles. The molecule has 0 fully saturated rings. The lowest BCUT2D eigenvalue weighted by molar-refractivity contribution is 0.543. The second-order valence-electron chi connectivity index (χ2n) is 5.31. The lowest BCUT2D eigenvalue weighted by Gasteiger charge is -2.12. The smallest absolute Gasteiger partial charge is 0.137 e. The molecule has 112 valence electrons. The summed E-state index contributed by atoms with van der Waals surface area (Å²) in [4.78, 5) is 1.61. The third-order valence-electron chi connectivity index (χ3n) is 2.93. The average Bonchev–Trinajstić information content (AvgIpc) is 2.42. The monoisotopic (exact) mass is 323 g/mol. The highest BCUT2D eigenvalue weighted by Gasteiger charge is 2.10. The van der Waals surface area contributed by atoms with Gasteiger partial charge in [-0.05, 0) is 42.3 Å². The molecule has 0 amide bonds. The predicted octanol–water partition coefficient (Wildman–Crippen LogP) is 5.38. The molecule has 21 heavy (non-hydrogen) atoms. The fourth-order valence-corrected chi connectivity index (χ4v) is 3.21. The maximum absolute atomic E-state index is 14.1. The van der Waals surface area contributed by atoms with Gasteiger partial charge in [0.1, 0.15) is 5.82 Å². The van der Waals surface area contributed by atoms with Gasteiger partial charge in [0.2, 0.25) is 0 Å². The van der Waals surface area contributed by atoms with Crippen molar-refractivity contribution in [2.75, 3.05) is 6.54 Å². The van der Waals surface area contributed by atoms with E-state index in [2.05, 4.69) is 19.2 Å². The summed E-state index contributed by atoms with van der Waals surface area (Å²) in [5, 5.41) is 4.02. The van der Waals surface area contributed by atoms with Crippen LogP contribution in [0.5, 0.6) is 0 Å². The van der Waals surface area contributed by atoms with Crippen molar-refractivity contribution in [3.05, 3.63) is 58.9 Å². The second-order valence-corrected chi connectivity index (χ2v) is 6.83. The molecular weight excluding hydrogens is 305 g/mol. The molecule has 0 aromatic heterocycles. The maximum Gasteiger partial charge on any atom is 0.137 e.